The Bertz CT molecular complexity index is 554. The second kappa shape index (κ2) is 7.29. The molecule has 0 bridgehead atoms. The van der Waals surface area contributed by atoms with E-state index in [2.05, 4.69) is 5.32 Å². The molecule has 1 unspecified atom stereocenters. The first-order chi connectivity index (χ1) is 10.2. The van der Waals surface area contributed by atoms with Gasteiger partial charge in [-0.15, -0.1) is 0 Å². The van der Waals surface area contributed by atoms with Crippen molar-refractivity contribution < 1.29 is 19.4 Å². The number of ether oxygens (including phenoxy) is 1. The molecule has 1 atom stereocenters. The van der Waals surface area contributed by atoms with Crippen molar-refractivity contribution in [2.45, 2.75) is 46.1 Å². The lowest BCUT2D eigenvalue weighted by atomic mass is 9.85. The van der Waals surface area contributed by atoms with E-state index in [-0.39, 0.29) is 24.7 Å². The van der Waals surface area contributed by atoms with Crippen molar-refractivity contribution >= 4 is 11.9 Å². The Hall–Kier alpha value is -2.04. The van der Waals surface area contributed by atoms with Crippen molar-refractivity contribution in [2.24, 2.45) is 5.92 Å². The Morgan fingerprint density at radius 2 is 2.00 bits per heavy atom. The van der Waals surface area contributed by atoms with E-state index in [1.54, 1.807) is 14.0 Å². The van der Waals surface area contributed by atoms with Gasteiger partial charge < -0.3 is 15.2 Å². The summed E-state index contributed by atoms with van der Waals surface area (Å²) < 4.78 is 5.27. The van der Waals surface area contributed by atoms with E-state index in [9.17, 15) is 9.59 Å². The van der Waals surface area contributed by atoms with Gasteiger partial charge in [0.15, 0.2) is 0 Å². The summed E-state index contributed by atoms with van der Waals surface area (Å²) in [5.41, 5.74) is 1.06. The first-order valence-corrected chi connectivity index (χ1v) is 7.34. The molecule has 0 aromatic heterocycles. The third-order valence-corrected chi connectivity index (χ3v) is 4.00. The fraction of sp³-hybridized carbons (Fsp3) is 0.529. The van der Waals surface area contributed by atoms with E-state index in [4.69, 9.17) is 9.84 Å². The molecule has 1 amide bonds. The Labute approximate surface area is 131 Å². The van der Waals surface area contributed by atoms with Crippen LogP contribution in [0.4, 0.5) is 0 Å². The summed E-state index contributed by atoms with van der Waals surface area (Å²) in [4.78, 5) is 23.4. The third-order valence-electron chi connectivity index (χ3n) is 4.00. The predicted octanol–water partition coefficient (Wildman–Crippen LogP) is 2.55. The number of carboxylic acids is 1. The number of methoxy groups -OCH3 is 1. The van der Waals surface area contributed by atoms with E-state index in [1.807, 2.05) is 39.0 Å². The minimum atomic E-state index is -0.926. The molecule has 0 aliphatic heterocycles. The van der Waals surface area contributed by atoms with Crippen LogP contribution in [0.5, 0.6) is 5.75 Å². The van der Waals surface area contributed by atoms with E-state index < -0.39 is 11.5 Å². The van der Waals surface area contributed by atoms with Gasteiger partial charge in [-0.2, -0.15) is 0 Å². The molecule has 0 radical (unpaired) electrons. The molecule has 5 nitrogen and oxygen atoms in total. The molecular weight excluding hydrogens is 282 g/mol. The average Bonchev–Trinajstić information content (AvgIpc) is 2.37. The van der Waals surface area contributed by atoms with Crippen LogP contribution in [0, 0.1) is 12.8 Å². The van der Waals surface area contributed by atoms with Crippen molar-refractivity contribution in [3.8, 4) is 5.75 Å². The molecule has 1 rings (SSSR count). The maximum atomic E-state index is 12.3. The van der Waals surface area contributed by atoms with Gasteiger partial charge in [0.05, 0.1) is 20.0 Å². The van der Waals surface area contributed by atoms with Crippen LogP contribution in [0.25, 0.3) is 0 Å². The molecule has 5 heteroatoms. The Kier molecular flexibility index (Phi) is 5.97. The van der Waals surface area contributed by atoms with Gasteiger partial charge in [-0.3, -0.25) is 9.59 Å². The number of nitrogens with one attached hydrogen (secondary N) is 1. The topological polar surface area (TPSA) is 75.6 Å². The summed E-state index contributed by atoms with van der Waals surface area (Å²) in [5, 5.41) is 11.9. The molecular formula is C17H25NO4. The normalized spacial score (nSPS) is 13.5. The average molecular weight is 307 g/mol. The first-order valence-electron chi connectivity index (χ1n) is 7.34. The zero-order valence-electron chi connectivity index (χ0n) is 13.9. The monoisotopic (exact) mass is 307 g/mol. The number of carboxylic acid groups (broad SMARTS) is 1. The summed E-state index contributed by atoms with van der Waals surface area (Å²) in [6.45, 7) is 7.51. The van der Waals surface area contributed by atoms with Crippen LogP contribution in [0.2, 0.25) is 0 Å². The molecule has 0 aliphatic carbocycles. The fourth-order valence-corrected chi connectivity index (χ4v) is 2.29. The molecule has 0 saturated carbocycles. The van der Waals surface area contributed by atoms with Crippen LogP contribution in [0.15, 0.2) is 18.2 Å². The van der Waals surface area contributed by atoms with Gasteiger partial charge in [-0.05, 0) is 25.8 Å². The van der Waals surface area contributed by atoms with Gasteiger partial charge in [0.25, 0.3) is 0 Å². The highest BCUT2D eigenvalue weighted by Gasteiger charge is 2.32. The largest absolute Gasteiger partial charge is 0.496 e. The zero-order valence-corrected chi connectivity index (χ0v) is 13.9. The van der Waals surface area contributed by atoms with Gasteiger partial charge in [0, 0.05) is 11.1 Å². The molecule has 1 aromatic rings. The molecule has 0 fully saturated rings. The molecule has 0 aliphatic rings. The molecule has 0 spiro atoms. The Morgan fingerprint density at radius 3 is 2.50 bits per heavy atom. The number of amides is 1. The number of hydrogen-bond donors (Lipinski definition) is 2. The number of hydrogen-bond acceptors (Lipinski definition) is 3. The highest BCUT2D eigenvalue weighted by atomic mass is 16.5. The van der Waals surface area contributed by atoms with Crippen molar-refractivity contribution in [1.82, 2.24) is 5.32 Å². The standard InChI is InChI=1S/C17H25NO4/c1-11(2)17(4,10-16(20)21)18-15(19)9-13-8-12(3)6-7-14(13)22-5/h6-8,11H,9-10H2,1-5H3,(H,18,19)(H,20,21). The van der Waals surface area contributed by atoms with Crippen LogP contribution in [-0.4, -0.2) is 29.6 Å². The van der Waals surface area contributed by atoms with E-state index in [0.717, 1.165) is 11.1 Å². The van der Waals surface area contributed by atoms with Crippen LogP contribution < -0.4 is 10.1 Å². The van der Waals surface area contributed by atoms with Gasteiger partial charge in [-0.25, -0.2) is 0 Å². The Balaban J connectivity index is 2.88. The summed E-state index contributed by atoms with van der Waals surface area (Å²) in [6.07, 6.45) is 0.0497. The minimum Gasteiger partial charge on any atom is -0.496 e. The number of benzene rings is 1. The summed E-state index contributed by atoms with van der Waals surface area (Å²) in [7, 11) is 1.56. The van der Waals surface area contributed by atoms with Crippen molar-refractivity contribution in [2.75, 3.05) is 7.11 Å². The van der Waals surface area contributed by atoms with Crippen molar-refractivity contribution in [1.29, 1.82) is 0 Å². The number of aliphatic carboxylic acids is 1. The molecule has 122 valence electrons. The summed E-state index contributed by atoms with van der Waals surface area (Å²) >= 11 is 0. The van der Waals surface area contributed by atoms with E-state index >= 15 is 0 Å². The highest BCUT2D eigenvalue weighted by molar-refractivity contribution is 5.81. The molecule has 2 N–H and O–H groups in total. The SMILES string of the molecule is COc1ccc(C)cc1CC(=O)NC(C)(CC(=O)O)C(C)C. The maximum absolute atomic E-state index is 12.3. The summed E-state index contributed by atoms with van der Waals surface area (Å²) in [6, 6.07) is 5.65. The lowest BCUT2D eigenvalue weighted by Crippen LogP contribution is -2.51. The molecule has 0 saturated heterocycles. The van der Waals surface area contributed by atoms with Crippen molar-refractivity contribution in [3.05, 3.63) is 29.3 Å². The molecule has 22 heavy (non-hydrogen) atoms. The predicted molar refractivity (Wildman–Crippen MR) is 85.1 cm³/mol. The van der Waals surface area contributed by atoms with Crippen LogP contribution >= 0.6 is 0 Å². The smallest absolute Gasteiger partial charge is 0.305 e. The highest BCUT2D eigenvalue weighted by Crippen LogP contribution is 2.23. The third kappa shape index (κ3) is 4.76. The molecule has 1 aromatic carbocycles. The number of carbonyl (C=O) groups is 2. The van der Waals surface area contributed by atoms with Gasteiger partial charge in [0.1, 0.15) is 5.75 Å². The second-order valence-corrected chi connectivity index (χ2v) is 6.18. The fourth-order valence-electron chi connectivity index (χ4n) is 2.29. The van der Waals surface area contributed by atoms with Gasteiger partial charge >= 0.3 is 5.97 Å². The van der Waals surface area contributed by atoms with Gasteiger partial charge in [0.2, 0.25) is 5.91 Å². The van der Waals surface area contributed by atoms with E-state index in [1.165, 1.54) is 0 Å². The van der Waals surface area contributed by atoms with Crippen LogP contribution in [-0.2, 0) is 16.0 Å². The van der Waals surface area contributed by atoms with E-state index in [0.29, 0.717) is 5.75 Å². The van der Waals surface area contributed by atoms with Crippen LogP contribution in [0.3, 0.4) is 0 Å². The maximum Gasteiger partial charge on any atom is 0.305 e. The second-order valence-electron chi connectivity index (χ2n) is 6.18. The molecule has 0 heterocycles. The lowest BCUT2D eigenvalue weighted by molar-refractivity contribution is -0.139. The van der Waals surface area contributed by atoms with Crippen LogP contribution in [0.1, 0.15) is 38.3 Å². The summed E-state index contributed by atoms with van der Waals surface area (Å²) in [5.74, 6) is -0.469. The van der Waals surface area contributed by atoms with Gasteiger partial charge in [-0.1, -0.05) is 31.5 Å². The Morgan fingerprint density at radius 1 is 1.36 bits per heavy atom. The first kappa shape index (κ1) is 18.0. The zero-order chi connectivity index (χ0) is 16.9. The number of aryl methyl sites for hydroxylation is 1. The van der Waals surface area contributed by atoms with Crippen molar-refractivity contribution in [3.63, 3.8) is 0 Å². The quantitative estimate of drug-likeness (QED) is 0.811. The lowest BCUT2D eigenvalue weighted by Gasteiger charge is -2.33. The minimum absolute atomic E-state index is 0.00644. The number of carbonyl (C=O) groups excluding carboxylic acids is 1. The number of rotatable bonds is 7.